The average Bonchev–Trinajstić information content (AvgIpc) is 2.63. The van der Waals surface area contributed by atoms with E-state index in [2.05, 4.69) is 9.97 Å². The minimum Gasteiger partial charge on any atom is -0.268 e. The molecule has 0 aliphatic carbocycles. The summed E-state index contributed by atoms with van der Waals surface area (Å²) >= 11 is 5.82. The molecular formula is C12H6ClN3O2. The first kappa shape index (κ1) is 10.9. The Balaban J connectivity index is 2.13. The Morgan fingerprint density at radius 3 is 2.39 bits per heavy atom. The maximum Gasteiger partial charge on any atom is 0.268 e. The number of imide groups is 1. The fourth-order valence-corrected chi connectivity index (χ4v) is 1.97. The Hall–Kier alpha value is -2.27. The molecule has 2 heterocycles. The van der Waals surface area contributed by atoms with Crippen molar-refractivity contribution in [3.8, 4) is 0 Å². The largest absolute Gasteiger partial charge is 0.268 e. The van der Waals surface area contributed by atoms with E-state index in [1.807, 2.05) is 0 Å². The molecule has 0 radical (unpaired) electrons. The van der Waals surface area contributed by atoms with Gasteiger partial charge in [0.25, 0.3) is 11.8 Å². The van der Waals surface area contributed by atoms with E-state index in [9.17, 15) is 9.59 Å². The molecule has 1 aliphatic rings. The quantitative estimate of drug-likeness (QED) is 0.734. The number of carbonyl (C=O) groups is 2. The second kappa shape index (κ2) is 3.89. The number of hydrogen-bond acceptors (Lipinski definition) is 4. The maximum absolute atomic E-state index is 12.1. The van der Waals surface area contributed by atoms with E-state index >= 15 is 0 Å². The van der Waals surface area contributed by atoms with Crippen LogP contribution in [0, 0.1) is 0 Å². The standard InChI is InChI=1S/C12H6ClN3O2/c13-7-2-3-8-9(6-7)11(18)16(10(8)17)12-14-4-1-5-15-12/h1-6H. The molecule has 0 bridgehead atoms. The fourth-order valence-electron chi connectivity index (χ4n) is 1.80. The van der Waals surface area contributed by atoms with Crippen molar-refractivity contribution >= 4 is 29.4 Å². The van der Waals surface area contributed by atoms with E-state index in [4.69, 9.17) is 11.6 Å². The van der Waals surface area contributed by atoms with Crippen LogP contribution in [0.1, 0.15) is 20.7 Å². The maximum atomic E-state index is 12.1. The Labute approximate surface area is 107 Å². The molecule has 2 aromatic rings. The van der Waals surface area contributed by atoms with Gasteiger partial charge in [-0.2, -0.15) is 0 Å². The van der Waals surface area contributed by atoms with Gasteiger partial charge in [-0.3, -0.25) is 9.59 Å². The molecule has 3 rings (SSSR count). The Morgan fingerprint density at radius 2 is 1.67 bits per heavy atom. The predicted octanol–water partition coefficient (Wildman–Crippen LogP) is 1.93. The normalized spacial score (nSPS) is 13.9. The third-order valence-electron chi connectivity index (χ3n) is 2.60. The van der Waals surface area contributed by atoms with E-state index in [0.717, 1.165) is 4.90 Å². The number of carbonyl (C=O) groups excluding carboxylic acids is 2. The molecule has 18 heavy (non-hydrogen) atoms. The van der Waals surface area contributed by atoms with Crippen molar-refractivity contribution < 1.29 is 9.59 Å². The van der Waals surface area contributed by atoms with Gasteiger partial charge >= 0.3 is 0 Å². The molecule has 0 unspecified atom stereocenters. The smallest absolute Gasteiger partial charge is 0.268 e. The van der Waals surface area contributed by atoms with Gasteiger partial charge in [0, 0.05) is 17.4 Å². The van der Waals surface area contributed by atoms with Crippen LogP contribution in [0.2, 0.25) is 5.02 Å². The van der Waals surface area contributed by atoms with E-state index in [1.165, 1.54) is 24.5 Å². The average molecular weight is 260 g/mol. The number of rotatable bonds is 1. The van der Waals surface area contributed by atoms with Crippen LogP contribution in [0.5, 0.6) is 0 Å². The molecule has 0 fully saturated rings. The van der Waals surface area contributed by atoms with Crippen molar-refractivity contribution in [3.63, 3.8) is 0 Å². The lowest BCUT2D eigenvalue weighted by molar-refractivity contribution is 0.0924. The molecule has 5 nitrogen and oxygen atoms in total. The fraction of sp³-hybridized carbons (Fsp3) is 0. The lowest BCUT2D eigenvalue weighted by Crippen LogP contribution is -2.30. The van der Waals surface area contributed by atoms with Gasteiger partial charge in [-0.05, 0) is 24.3 Å². The number of fused-ring (bicyclic) bond motifs is 1. The lowest BCUT2D eigenvalue weighted by atomic mass is 10.1. The molecular weight excluding hydrogens is 254 g/mol. The number of aromatic nitrogens is 2. The molecule has 88 valence electrons. The molecule has 1 aromatic carbocycles. The van der Waals surface area contributed by atoms with Gasteiger partial charge in [0.05, 0.1) is 11.1 Å². The van der Waals surface area contributed by atoms with Gasteiger partial charge in [-0.1, -0.05) is 11.6 Å². The molecule has 0 atom stereocenters. The number of nitrogens with zero attached hydrogens (tertiary/aromatic N) is 3. The van der Waals surface area contributed by atoms with E-state index < -0.39 is 11.8 Å². The summed E-state index contributed by atoms with van der Waals surface area (Å²) in [6, 6.07) is 6.18. The van der Waals surface area contributed by atoms with Crippen LogP contribution in [0.15, 0.2) is 36.7 Å². The van der Waals surface area contributed by atoms with Crippen LogP contribution < -0.4 is 4.90 Å². The van der Waals surface area contributed by atoms with E-state index in [-0.39, 0.29) is 11.5 Å². The number of anilines is 1. The Bertz CT molecular complexity index is 658. The first-order valence-corrected chi connectivity index (χ1v) is 5.51. The van der Waals surface area contributed by atoms with Crippen molar-refractivity contribution in [2.45, 2.75) is 0 Å². The molecule has 0 saturated carbocycles. The zero-order valence-electron chi connectivity index (χ0n) is 9.00. The summed E-state index contributed by atoms with van der Waals surface area (Å²) in [7, 11) is 0. The summed E-state index contributed by atoms with van der Waals surface area (Å²) in [5.41, 5.74) is 0.594. The minimum atomic E-state index is -0.455. The molecule has 1 aromatic heterocycles. The minimum absolute atomic E-state index is 0.0693. The van der Waals surface area contributed by atoms with Crippen LogP contribution in [0.3, 0.4) is 0 Å². The van der Waals surface area contributed by atoms with Gasteiger partial charge in [0.2, 0.25) is 5.95 Å². The summed E-state index contributed by atoms with van der Waals surface area (Å²) in [6.07, 6.45) is 2.94. The summed E-state index contributed by atoms with van der Waals surface area (Å²) in [4.78, 5) is 33.0. The highest BCUT2D eigenvalue weighted by Gasteiger charge is 2.38. The SMILES string of the molecule is O=C1c2ccc(Cl)cc2C(=O)N1c1ncccn1. The zero-order chi connectivity index (χ0) is 12.7. The van der Waals surface area contributed by atoms with Gasteiger partial charge < -0.3 is 0 Å². The predicted molar refractivity (Wildman–Crippen MR) is 64.6 cm³/mol. The number of halogens is 1. The van der Waals surface area contributed by atoms with E-state index in [1.54, 1.807) is 12.1 Å². The highest BCUT2D eigenvalue weighted by molar-refractivity contribution is 6.36. The Morgan fingerprint density at radius 1 is 1.00 bits per heavy atom. The third-order valence-corrected chi connectivity index (χ3v) is 2.84. The number of benzene rings is 1. The van der Waals surface area contributed by atoms with Crippen LogP contribution >= 0.6 is 11.6 Å². The number of hydrogen-bond donors (Lipinski definition) is 0. The molecule has 0 N–H and O–H groups in total. The Kier molecular flexibility index (Phi) is 2.34. The topological polar surface area (TPSA) is 63.2 Å². The summed E-state index contributed by atoms with van der Waals surface area (Å²) in [5, 5.41) is 0.408. The molecule has 0 spiro atoms. The van der Waals surface area contributed by atoms with Gasteiger partial charge in [-0.15, -0.1) is 0 Å². The van der Waals surface area contributed by atoms with Crippen LogP contribution in [0.4, 0.5) is 5.95 Å². The van der Waals surface area contributed by atoms with Crippen LogP contribution in [-0.4, -0.2) is 21.8 Å². The molecule has 1 aliphatic heterocycles. The van der Waals surface area contributed by atoms with Crippen molar-refractivity contribution in [2.24, 2.45) is 0 Å². The zero-order valence-corrected chi connectivity index (χ0v) is 9.76. The second-order valence-corrected chi connectivity index (χ2v) is 4.12. The first-order chi connectivity index (χ1) is 8.68. The molecule has 6 heteroatoms. The van der Waals surface area contributed by atoms with Gasteiger partial charge in [-0.25, -0.2) is 14.9 Å². The first-order valence-electron chi connectivity index (χ1n) is 5.14. The van der Waals surface area contributed by atoms with Crippen molar-refractivity contribution in [2.75, 3.05) is 4.90 Å². The van der Waals surface area contributed by atoms with Crippen molar-refractivity contribution in [1.82, 2.24) is 9.97 Å². The van der Waals surface area contributed by atoms with Gasteiger partial charge in [0.1, 0.15) is 0 Å². The second-order valence-electron chi connectivity index (χ2n) is 3.68. The van der Waals surface area contributed by atoms with Crippen LogP contribution in [0.25, 0.3) is 0 Å². The van der Waals surface area contributed by atoms with Crippen molar-refractivity contribution in [3.05, 3.63) is 52.8 Å². The highest BCUT2D eigenvalue weighted by atomic mass is 35.5. The van der Waals surface area contributed by atoms with Gasteiger partial charge in [0.15, 0.2) is 0 Å². The lowest BCUT2D eigenvalue weighted by Gasteiger charge is -2.09. The monoisotopic (exact) mass is 259 g/mol. The summed E-state index contributed by atoms with van der Waals surface area (Å²) in [5.74, 6) is -0.818. The van der Waals surface area contributed by atoms with E-state index in [0.29, 0.717) is 10.6 Å². The third kappa shape index (κ3) is 1.48. The van der Waals surface area contributed by atoms with Crippen molar-refractivity contribution in [1.29, 1.82) is 0 Å². The number of amides is 2. The summed E-state index contributed by atoms with van der Waals surface area (Å²) in [6.45, 7) is 0. The highest BCUT2D eigenvalue weighted by Crippen LogP contribution is 2.27. The van der Waals surface area contributed by atoms with Crippen LogP contribution in [-0.2, 0) is 0 Å². The molecule has 2 amide bonds. The molecule has 0 saturated heterocycles. The summed E-state index contributed by atoms with van der Waals surface area (Å²) < 4.78 is 0.